The molecule has 0 radical (unpaired) electrons. The van der Waals surface area contributed by atoms with Crippen molar-refractivity contribution in [1.82, 2.24) is 0 Å². The summed E-state index contributed by atoms with van der Waals surface area (Å²) >= 11 is 3.13. The van der Waals surface area contributed by atoms with Gasteiger partial charge in [-0.1, -0.05) is 28.1 Å². The van der Waals surface area contributed by atoms with Crippen LogP contribution in [0, 0.1) is 18.6 Å². The summed E-state index contributed by atoms with van der Waals surface area (Å²) < 4.78 is 34.9. The van der Waals surface area contributed by atoms with Crippen LogP contribution in [0.25, 0.3) is 0 Å². The Hall–Kier alpha value is -2.28. The van der Waals surface area contributed by atoms with E-state index in [4.69, 9.17) is 0 Å². The van der Waals surface area contributed by atoms with Gasteiger partial charge in [0, 0.05) is 5.33 Å². The molecule has 0 saturated carbocycles. The number of carbonyl (C=O) groups excluding carboxylic acids is 2. The number of carbonyl (C=O) groups is 2. The molecule has 25 heavy (non-hydrogen) atoms. The van der Waals surface area contributed by atoms with Crippen LogP contribution in [-0.2, 0) is 14.8 Å². The van der Waals surface area contributed by atoms with Gasteiger partial charge in [0.25, 0.3) is 0 Å². The van der Waals surface area contributed by atoms with Gasteiger partial charge in [-0.15, -0.1) is 0 Å². The van der Waals surface area contributed by atoms with Gasteiger partial charge in [0.05, 0.1) is 25.3 Å². The van der Waals surface area contributed by atoms with Gasteiger partial charge in [-0.25, -0.2) is 18.4 Å². The molecule has 2 aromatic rings. The Morgan fingerprint density at radius 1 is 0.920 bits per heavy atom. The first-order valence-electron chi connectivity index (χ1n) is 7.11. The second-order valence-electron chi connectivity index (χ2n) is 4.89. The number of alkyl halides is 1. The monoisotopic (exact) mass is 414 g/mol. The molecular weight excluding hydrogens is 398 g/mol. The zero-order valence-electron chi connectivity index (χ0n) is 13.9. The van der Waals surface area contributed by atoms with E-state index in [2.05, 4.69) is 25.4 Å². The minimum Gasteiger partial charge on any atom is -0.465 e. The fourth-order valence-electron chi connectivity index (χ4n) is 1.74. The molecular formula is C18H17BrF2O4. The lowest BCUT2D eigenvalue weighted by molar-refractivity contribution is 0.0591. The zero-order valence-corrected chi connectivity index (χ0v) is 15.5. The number of hydrogen-bond acceptors (Lipinski definition) is 4. The molecule has 2 rings (SSSR count). The van der Waals surface area contributed by atoms with Crippen molar-refractivity contribution in [3.63, 3.8) is 0 Å². The third-order valence-corrected chi connectivity index (χ3v) is 3.82. The summed E-state index contributed by atoms with van der Waals surface area (Å²) in [5, 5.41) is 0.431. The predicted molar refractivity (Wildman–Crippen MR) is 92.8 cm³/mol. The van der Waals surface area contributed by atoms with Crippen LogP contribution in [0.5, 0.6) is 0 Å². The van der Waals surface area contributed by atoms with Crippen LogP contribution in [0.4, 0.5) is 8.78 Å². The summed E-state index contributed by atoms with van der Waals surface area (Å²) in [6.45, 7) is 1.64. The van der Waals surface area contributed by atoms with Gasteiger partial charge < -0.3 is 9.47 Å². The third kappa shape index (κ3) is 5.94. The molecule has 2 aromatic carbocycles. The maximum Gasteiger partial charge on any atom is 0.337 e. The molecule has 0 heterocycles. The Kier molecular flexibility index (Phi) is 8.21. The molecule has 0 amide bonds. The molecule has 0 saturated heterocycles. The average molecular weight is 415 g/mol. The molecule has 0 aromatic heterocycles. The molecule has 134 valence electrons. The van der Waals surface area contributed by atoms with Gasteiger partial charge in [0.15, 0.2) is 0 Å². The van der Waals surface area contributed by atoms with E-state index in [0.717, 1.165) is 0 Å². The molecule has 0 atom stereocenters. The first kappa shape index (κ1) is 20.8. The standard InChI is InChI=1S/C9H8BrFO2.C9H9FO2/c1-13-9(12)6-2-3-7(5-10)8(11)4-6;1-6-3-4-7(5-8(6)10)9(11)12-2/h2-4H,5H2,1H3;3-5H,1-2H3. The van der Waals surface area contributed by atoms with Gasteiger partial charge in [-0.3, -0.25) is 0 Å². The summed E-state index contributed by atoms with van der Waals surface area (Å²) in [4.78, 5) is 21.9. The van der Waals surface area contributed by atoms with E-state index in [0.29, 0.717) is 16.5 Å². The fraction of sp³-hybridized carbons (Fsp3) is 0.222. The van der Waals surface area contributed by atoms with Crippen LogP contribution >= 0.6 is 15.9 Å². The number of benzene rings is 2. The highest BCUT2D eigenvalue weighted by molar-refractivity contribution is 9.08. The SMILES string of the molecule is COC(=O)c1ccc(C)c(F)c1.COC(=O)c1ccc(CBr)c(F)c1. The third-order valence-electron chi connectivity index (χ3n) is 3.21. The summed E-state index contributed by atoms with van der Waals surface area (Å²) in [5.41, 5.74) is 1.50. The molecule has 0 unspecified atom stereocenters. The van der Waals surface area contributed by atoms with Crippen LogP contribution in [-0.4, -0.2) is 26.2 Å². The molecule has 0 bridgehead atoms. The van der Waals surface area contributed by atoms with Crippen LogP contribution in [0.1, 0.15) is 31.8 Å². The lowest BCUT2D eigenvalue weighted by Crippen LogP contribution is -2.02. The molecule has 0 fully saturated rings. The molecule has 0 spiro atoms. The minimum atomic E-state index is -0.528. The van der Waals surface area contributed by atoms with Crippen LogP contribution < -0.4 is 0 Å². The van der Waals surface area contributed by atoms with E-state index in [1.807, 2.05) is 0 Å². The Morgan fingerprint density at radius 2 is 1.40 bits per heavy atom. The normalized spacial score (nSPS) is 9.68. The number of rotatable bonds is 3. The first-order chi connectivity index (χ1) is 11.8. The Bertz CT molecular complexity index is 763. The van der Waals surface area contributed by atoms with Gasteiger partial charge in [0.1, 0.15) is 11.6 Å². The number of halogens is 3. The van der Waals surface area contributed by atoms with Gasteiger partial charge in [-0.2, -0.15) is 0 Å². The van der Waals surface area contributed by atoms with Crippen molar-refractivity contribution in [2.24, 2.45) is 0 Å². The maximum atomic E-state index is 13.1. The highest BCUT2D eigenvalue weighted by Crippen LogP contribution is 2.14. The number of esters is 2. The molecule has 0 aliphatic heterocycles. The van der Waals surface area contributed by atoms with Crippen molar-refractivity contribution in [2.75, 3.05) is 14.2 Å². The van der Waals surface area contributed by atoms with Crippen molar-refractivity contribution in [2.45, 2.75) is 12.3 Å². The average Bonchev–Trinajstić information content (AvgIpc) is 2.63. The lowest BCUT2D eigenvalue weighted by Gasteiger charge is -2.01. The van der Waals surface area contributed by atoms with E-state index in [1.165, 1.54) is 38.5 Å². The van der Waals surface area contributed by atoms with E-state index in [-0.39, 0.29) is 11.1 Å². The van der Waals surface area contributed by atoms with Crippen LogP contribution in [0.2, 0.25) is 0 Å². The van der Waals surface area contributed by atoms with Crippen molar-refractivity contribution in [1.29, 1.82) is 0 Å². The van der Waals surface area contributed by atoms with Gasteiger partial charge in [-0.05, 0) is 42.3 Å². The quantitative estimate of drug-likeness (QED) is 0.550. The summed E-state index contributed by atoms with van der Waals surface area (Å²) in [7, 11) is 2.53. The van der Waals surface area contributed by atoms with Crippen molar-refractivity contribution in [3.8, 4) is 0 Å². The van der Waals surface area contributed by atoms with E-state index in [9.17, 15) is 18.4 Å². The van der Waals surface area contributed by atoms with Crippen molar-refractivity contribution < 1.29 is 27.8 Å². The smallest absolute Gasteiger partial charge is 0.337 e. The summed E-state index contributed by atoms with van der Waals surface area (Å²) in [6, 6.07) is 8.50. The highest BCUT2D eigenvalue weighted by Gasteiger charge is 2.08. The Morgan fingerprint density at radius 3 is 1.80 bits per heavy atom. The number of aryl methyl sites for hydroxylation is 1. The van der Waals surface area contributed by atoms with Gasteiger partial charge in [0.2, 0.25) is 0 Å². The van der Waals surface area contributed by atoms with Crippen LogP contribution in [0.3, 0.4) is 0 Å². The minimum absolute atomic E-state index is 0.227. The maximum absolute atomic E-state index is 13.1. The van der Waals surface area contributed by atoms with E-state index >= 15 is 0 Å². The van der Waals surface area contributed by atoms with Crippen molar-refractivity contribution in [3.05, 3.63) is 70.3 Å². The topological polar surface area (TPSA) is 52.6 Å². The molecule has 7 heteroatoms. The molecule has 0 N–H and O–H groups in total. The number of methoxy groups -OCH3 is 2. The van der Waals surface area contributed by atoms with Crippen LogP contribution in [0.15, 0.2) is 36.4 Å². The Labute approximate surface area is 152 Å². The molecule has 4 nitrogen and oxygen atoms in total. The first-order valence-corrected chi connectivity index (χ1v) is 8.23. The van der Waals surface area contributed by atoms with Gasteiger partial charge >= 0.3 is 11.9 Å². The largest absolute Gasteiger partial charge is 0.465 e. The summed E-state index contributed by atoms with van der Waals surface area (Å²) in [5.74, 6) is -1.84. The molecule has 0 aliphatic carbocycles. The zero-order chi connectivity index (χ0) is 19.0. The summed E-state index contributed by atoms with van der Waals surface area (Å²) in [6.07, 6.45) is 0. The lowest BCUT2D eigenvalue weighted by atomic mass is 10.1. The highest BCUT2D eigenvalue weighted by atomic mass is 79.9. The van der Waals surface area contributed by atoms with E-state index < -0.39 is 23.6 Å². The Balaban J connectivity index is 0.000000251. The second kappa shape index (κ2) is 9.88. The van der Waals surface area contributed by atoms with Crippen molar-refractivity contribution >= 4 is 27.9 Å². The number of ether oxygens (including phenoxy) is 2. The fourth-order valence-corrected chi connectivity index (χ4v) is 2.19. The predicted octanol–water partition coefficient (Wildman–Crippen LogP) is 4.43. The number of hydrogen-bond donors (Lipinski definition) is 0. The second-order valence-corrected chi connectivity index (χ2v) is 5.45. The molecule has 0 aliphatic rings. The van der Waals surface area contributed by atoms with E-state index in [1.54, 1.807) is 19.1 Å².